The molecule has 0 saturated carbocycles. The van der Waals surface area contributed by atoms with E-state index in [1.165, 1.54) is 44.1 Å². The lowest BCUT2D eigenvalue weighted by molar-refractivity contribution is -1.000. The van der Waals surface area contributed by atoms with E-state index >= 15 is 0 Å². The summed E-state index contributed by atoms with van der Waals surface area (Å²) in [6.45, 7) is 7.98. The summed E-state index contributed by atoms with van der Waals surface area (Å²) in [5.74, 6) is -0.0520. The van der Waals surface area contributed by atoms with E-state index in [2.05, 4.69) is 59.1 Å². The molecule has 1 unspecified atom stereocenters. The highest BCUT2D eigenvalue weighted by atomic mass is 16.7. The molecule has 0 spiro atoms. The van der Waals surface area contributed by atoms with Crippen LogP contribution in [-0.4, -0.2) is 31.7 Å². The summed E-state index contributed by atoms with van der Waals surface area (Å²) in [4.78, 5) is 0. The average molecular weight is 413 g/mol. The van der Waals surface area contributed by atoms with E-state index in [1.54, 1.807) is 0 Å². The van der Waals surface area contributed by atoms with Crippen LogP contribution in [0.15, 0.2) is 54.6 Å². The predicted octanol–water partition coefficient (Wildman–Crippen LogP) is 6.91. The van der Waals surface area contributed by atoms with Crippen molar-refractivity contribution in [1.82, 2.24) is 0 Å². The molecule has 0 aliphatic carbocycles. The van der Waals surface area contributed by atoms with Gasteiger partial charge in [-0.05, 0) is 50.5 Å². The monoisotopic (exact) mass is 412 g/mol. The van der Waals surface area contributed by atoms with Gasteiger partial charge in [-0.2, -0.15) is 0 Å². The number of quaternary nitrogens is 1. The molecule has 0 bridgehead atoms. The van der Waals surface area contributed by atoms with Gasteiger partial charge in [0.05, 0.1) is 32.8 Å². The van der Waals surface area contributed by atoms with Crippen LogP contribution in [0.3, 0.4) is 0 Å². The quantitative estimate of drug-likeness (QED) is 0.191. The number of ether oxygens (including phenoxy) is 2. The van der Waals surface area contributed by atoms with Crippen molar-refractivity contribution < 1.29 is 14.0 Å². The van der Waals surface area contributed by atoms with Crippen molar-refractivity contribution in [3.63, 3.8) is 0 Å². The van der Waals surface area contributed by atoms with Crippen LogP contribution in [-0.2, 0) is 17.1 Å². The Balaban J connectivity index is 2.38. The lowest BCUT2D eigenvalue weighted by atomic mass is 9.96. The summed E-state index contributed by atoms with van der Waals surface area (Å²) in [6.07, 6.45) is 8.84. The predicted molar refractivity (Wildman–Crippen MR) is 127 cm³/mol. The van der Waals surface area contributed by atoms with E-state index in [9.17, 15) is 0 Å². The lowest BCUT2D eigenvalue weighted by Gasteiger charge is -2.46. The van der Waals surface area contributed by atoms with Gasteiger partial charge in [0, 0.05) is 0 Å². The van der Waals surface area contributed by atoms with E-state index in [1.807, 2.05) is 30.3 Å². The second-order valence-electron chi connectivity index (χ2n) is 8.61. The van der Waals surface area contributed by atoms with Gasteiger partial charge in [-0.1, -0.05) is 75.4 Å². The molecule has 2 aromatic carbocycles. The van der Waals surface area contributed by atoms with Crippen molar-refractivity contribution in [3.05, 3.63) is 65.7 Å². The van der Waals surface area contributed by atoms with E-state index in [0.29, 0.717) is 11.1 Å². The Morgan fingerprint density at radius 2 is 1.40 bits per heavy atom. The number of para-hydroxylation sites is 1. The van der Waals surface area contributed by atoms with Gasteiger partial charge in [0.2, 0.25) is 0 Å². The molecule has 1 atom stereocenters. The summed E-state index contributed by atoms with van der Waals surface area (Å²) < 4.78 is 13.8. The number of hydrogen-bond acceptors (Lipinski definition) is 2. The molecule has 2 rings (SSSR count). The van der Waals surface area contributed by atoms with Crippen molar-refractivity contribution in [3.8, 4) is 5.75 Å². The van der Waals surface area contributed by atoms with Crippen LogP contribution in [0.5, 0.6) is 5.75 Å². The fraction of sp³-hybridized carbons (Fsp3) is 0.556. The molecule has 0 saturated heterocycles. The second kappa shape index (κ2) is 12.1. The minimum Gasteiger partial charge on any atom is -0.413 e. The zero-order valence-corrected chi connectivity index (χ0v) is 19.8. The third-order valence-corrected chi connectivity index (χ3v) is 6.08. The third-order valence-electron chi connectivity index (χ3n) is 6.08. The number of nitrogens with zero attached hydrogens (tertiary/aromatic N) is 1. The van der Waals surface area contributed by atoms with Gasteiger partial charge in [0.1, 0.15) is 5.75 Å². The number of rotatable bonds is 14. The third kappa shape index (κ3) is 6.09. The first-order chi connectivity index (χ1) is 14.5. The molecule has 0 aromatic heterocycles. The van der Waals surface area contributed by atoms with E-state index in [4.69, 9.17) is 9.47 Å². The van der Waals surface area contributed by atoms with Gasteiger partial charge in [0.15, 0.2) is 0 Å². The maximum atomic E-state index is 6.73. The topological polar surface area (TPSA) is 18.5 Å². The Labute approximate surface area is 184 Å². The van der Waals surface area contributed by atoms with Gasteiger partial charge in [-0.15, -0.1) is 0 Å². The molecule has 0 radical (unpaired) electrons. The van der Waals surface area contributed by atoms with Crippen molar-refractivity contribution in [2.45, 2.75) is 71.6 Å². The van der Waals surface area contributed by atoms with Crippen molar-refractivity contribution in [1.29, 1.82) is 0 Å². The summed E-state index contributed by atoms with van der Waals surface area (Å²) in [6, 6.07) is 18.8. The highest BCUT2D eigenvalue weighted by molar-refractivity contribution is 5.32. The molecule has 166 valence electrons. The van der Waals surface area contributed by atoms with Gasteiger partial charge in [-0.25, -0.2) is 0 Å². The minimum absolute atomic E-state index is 0.583. The van der Waals surface area contributed by atoms with Crippen molar-refractivity contribution in [2.75, 3.05) is 27.2 Å². The second-order valence-corrected chi connectivity index (χ2v) is 8.61. The van der Waals surface area contributed by atoms with E-state index < -0.39 is 5.91 Å². The van der Waals surface area contributed by atoms with Crippen LogP contribution >= 0.6 is 0 Å². The molecular weight excluding hydrogens is 370 g/mol. The molecular formula is C27H42NO2+. The smallest absolute Gasteiger partial charge is 0.390 e. The summed E-state index contributed by atoms with van der Waals surface area (Å²) in [5.41, 5.74) is 2.48. The summed E-state index contributed by atoms with van der Waals surface area (Å²) >= 11 is 0. The molecule has 0 N–H and O–H groups in total. The fourth-order valence-electron chi connectivity index (χ4n) is 3.98. The van der Waals surface area contributed by atoms with Crippen LogP contribution in [0.4, 0.5) is 0 Å². The Bertz CT molecular complexity index is 729. The largest absolute Gasteiger partial charge is 0.413 e. The molecule has 3 heteroatoms. The minimum atomic E-state index is -0.885. The van der Waals surface area contributed by atoms with Gasteiger partial charge >= 0.3 is 5.91 Å². The number of unbranched alkanes of at least 4 members (excludes halogenated alkanes) is 5. The maximum Gasteiger partial charge on any atom is 0.390 e. The molecule has 0 heterocycles. The molecule has 0 fully saturated rings. The first-order valence-corrected chi connectivity index (χ1v) is 11.8. The lowest BCUT2D eigenvalue weighted by Crippen LogP contribution is -2.62. The summed E-state index contributed by atoms with van der Waals surface area (Å²) in [5, 5.41) is 0. The molecule has 0 aliphatic heterocycles. The van der Waals surface area contributed by atoms with E-state index in [0.717, 1.165) is 24.3 Å². The first-order valence-electron chi connectivity index (χ1n) is 11.8. The molecule has 0 aliphatic rings. The van der Waals surface area contributed by atoms with Gasteiger partial charge in [-0.3, -0.25) is 9.22 Å². The molecule has 30 heavy (non-hydrogen) atoms. The van der Waals surface area contributed by atoms with Crippen LogP contribution < -0.4 is 4.74 Å². The van der Waals surface area contributed by atoms with Crippen LogP contribution in [0.25, 0.3) is 0 Å². The SMILES string of the molecule is CCCCCCCCc1ccccc1C(OCC)(Oc1ccccc1)[N+](C)(C)CC. The highest BCUT2D eigenvalue weighted by Gasteiger charge is 2.52. The Morgan fingerprint density at radius 3 is 2.07 bits per heavy atom. The Morgan fingerprint density at radius 1 is 0.767 bits per heavy atom. The molecule has 3 nitrogen and oxygen atoms in total. The first kappa shape index (κ1) is 24.4. The molecule has 0 amide bonds. The van der Waals surface area contributed by atoms with E-state index in [-0.39, 0.29) is 0 Å². The zero-order valence-electron chi connectivity index (χ0n) is 19.8. The normalized spacial score (nSPS) is 13.8. The maximum absolute atomic E-state index is 6.73. The van der Waals surface area contributed by atoms with Crippen LogP contribution in [0, 0.1) is 0 Å². The van der Waals surface area contributed by atoms with Crippen LogP contribution in [0.2, 0.25) is 0 Å². The average Bonchev–Trinajstić information content (AvgIpc) is 2.76. The Hall–Kier alpha value is -1.84. The zero-order chi connectivity index (χ0) is 21.9. The number of aryl methyl sites for hydroxylation is 1. The molecule has 2 aromatic rings. The van der Waals surface area contributed by atoms with Crippen molar-refractivity contribution in [2.24, 2.45) is 0 Å². The number of benzene rings is 2. The standard InChI is InChI=1S/C27H42NO2/c1-6-9-10-11-12-14-19-24-20-17-18-23-26(24)27(29-8-3,28(4,5)7-2)30-25-21-15-13-16-22-25/h13,15-18,20-23H,6-12,14,19H2,1-5H3/q+1. The van der Waals surface area contributed by atoms with Crippen molar-refractivity contribution >= 4 is 0 Å². The highest BCUT2D eigenvalue weighted by Crippen LogP contribution is 2.39. The van der Waals surface area contributed by atoms with Crippen LogP contribution in [0.1, 0.15) is 70.4 Å². The van der Waals surface area contributed by atoms with Gasteiger partial charge in [0.25, 0.3) is 0 Å². The number of hydrogen-bond donors (Lipinski definition) is 0. The summed E-state index contributed by atoms with van der Waals surface area (Å²) in [7, 11) is 4.39. The Kier molecular flexibility index (Phi) is 9.87. The fourth-order valence-corrected chi connectivity index (χ4v) is 3.98. The van der Waals surface area contributed by atoms with Gasteiger partial charge < -0.3 is 4.74 Å².